The van der Waals surface area contributed by atoms with Crippen molar-refractivity contribution in [2.45, 2.75) is 32.6 Å². The molecule has 0 aliphatic rings. The van der Waals surface area contributed by atoms with Crippen LogP contribution in [0.4, 0.5) is 8.78 Å². The Morgan fingerprint density at radius 3 is 2.44 bits per heavy atom. The Labute approximate surface area is 224 Å². The van der Waals surface area contributed by atoms with Crippen molar-refractivity contribution in [1.82, 2.24) is 18.1 Å². The van der Waals surface area contributed by atoms with E-state index in [0.717, 1.165) is 37.1 Å². The number of carbonyl (C=O) groups excluding carboxylic acids is 1. The fourth-order valence-corrected chi connectivity index (χ4v) is 4.83. The zero-order valence-electron chi connectivity index (χ0n) is 20.7. The number of nitrogens with zero attached hydrogens (tertiary/aromatic N) is 4. The predicted molar refractivity (Wildman–Crippen MR) is 137 cm³/mol. The fourth-order valence-electron chi connectivity index (χ4n) is 3.75. The summed E-state index contributed by atoms with van der Waals surface area (Å²) in [6.45, 7) is 1.78. The minimum absolute atomic E-state index is 0.0127. The van der Waals surface area contributed by atoms with Gasteiger partial charge in [0.1, 0.15) is 30.2 Å². The summed E-state index contributed by atoms with van der Waals surface area (Å²) in [6, 6.07) is 6.96. The number of benzene rings is 2. The molecule has 39 heavy (non-hydrogen) atoms. The summed E-state index contributed by atoms with van der Waals surface area (Å²) in [4.78, 5) is 42.4. The molecule has 11 nitrogen and oxygen atoms in total. The van der Waals surface area contributed by atoms with Gasteiger partial charge in [-0.15, -0.1) is 0 Å². The minimum atomic E-state index is -4.18. The van der Waals surface area contributed by atoms with Crippen LogP contribution in [0.25, 0.3) is 11.0 Å². The molecule has 2 heterocycles. The summed E-state index contributed by atoms with van der Waals surface area (Å²) >= 11 is 6.11. The lowest BCUT2D eigenvalue weighted by Gasteiger charge is -2.15. The van der Waals surface area contributed by atoms with Gasteiger partial charge in [0.05, 0.1) is 23.8 Å². The van der Waals surface area contributed by atoms with Crippen molar-refractivity contribution < 1.29 is 31.8 Å². The second kappa shape index (κ2) is 10.0. The average molecular weight is 583 g/mol. The zero-order valence-corrected chi connectivity index (χ0v) is 22.3. The van der Waals surface area contributed by atoms with E-state index >= 15 is 0 Å². The lowest BCUT2D eigenvalue weighted by atomic mass is 10.1. The lowest BCUT2D eigenvalue weighted by molar-refractivity contribution is 0.0393. The number of rotatable bonds is 7. The van der Waals surface area contributed by atoms with Crippen molar-refractivity contribution in [3.05, 3.63) is 91.3 Å². The summed E-state index contributed by atoms with van der Waals surface area (Å²) in [5.41, 5.74) is -3.75. The Hall–Kier alpha value is -3.88. The van der Waals surface area contributed by atoms with Crippen LogP contribution in [0.1, 0.15) is 29.8 Å². The molecule has 15 heteroatoms. The van der Waals surface area contributed by atoms with Crippen molar-refractivity contribution in [3.63, 3.8) is 0 Å². The predicted octanol–water partition coefficient (Wildman–Crippen LogP) is 2.14. The molecule has 0 aliphatic carbocycles. The normalized spacial score (nSPS) is 12.2. The van der Waals surface area contributed by atoms with E-state index in [1.165, 1.54) is 24.3 Å². The number of aliphatic hydroxyl groups is 1. The van der Waals surface area contributed by atoms with Gasteiger partial charge in [-0.1, -0.05) is 17.7 Å². The molecule has 206 valence electrons. The van der Waals surface area contributed by atoms with Gasteiger partial charge in [-0.2, -0.15) is 3.97 Å². The zero-order chi connectivity index (χ0) is 28.9. The molecule has 2 aromatic carbocycles. The third-order valence-corrected chi connectivity index (χ3v) is 6.95. The molecular formula is C24H21ClF2N4O7S. The summed E-state index contributed by atoms with van der Waals surface area (Å²) in [5.74, 6) is -2.93. The lowest BCUT2D eigenvalue weighted by Crippen LogP contribution is -2.42. The maximum absolute atomic E-state index is 13.9. The first kappa shape index (κ1) is 28.1. The number of carbonyl (C=O) groups is 1. The van der Waals surface area contributed by atoms with Gasteiger partial charge in [0.15, 0.2) is 5.02 Å². The molecule has 2 aromatic heterocycles. The van der Waals surface area contributed by atoms with E-state index in [9.17, 15) is 36.7 Å². The number of fused-ring (bicyclic) bond motifs is 1. The number of hydrogen-bond donors (Lipinski definition) is 1. The maximum Gasteiger partial charge on any atom is 0.349 e. The van der Waals surface area contributed by atoms with Crippen LogP contribution in [0.15, 0.2) is 52.3 Å². The van der Waals surface area contributed by atoms with Gasteiger partial charge in [-0.3, -0.25) is 14.2 Å². The van der Waals surface area contributed by atoms with Crippen molar-refractivity contribution >= 4 is 38.6 Å². The SMILES string of the molecule is CC(C)(O)C(=O)n1c(=O)n(S(C)(=O)=O)c2cc(Cn3cnc(OCc4ccc(F)cc4F)c(Cl)c3=O)ccc21. The molecule has 0 spiro atoms. The van der Waals surface area contributed by atoms with Crippen LogP contribution < -0.4 is 16.0 Å². The Kier molecular flexibility index (Phi) is 7.23. The van der Waals surface area contributed by atoms with E-state index in [4.69, 9.17) is 16.3 Å². The van der Waals surface area contributed by atoms with Crippen LogP contribution in [-0.4, -0.2) is 49.4 Å². The van der Waals surface area contributed by atoms with Crippen LogP contribution in [0.2, 0.25) is 5.02 Å². The van der Waals surface area contributed by atoms with Crippen molar-refractivity contribution in [3.8, 4) is 5.88 Å². The highest BCUT2D eigenvalue weighted by molar-refractivity contribution is 7.89. The molecule has 0 radical (unpaired) electrons. The van der Waals surface area contributed by atoms with Gasteiger partial charge < -0.3 is 9.84 Å². The molecule has 0 amide bonds. The number of hydrogen-bond acceptors (Lipinski definition) is 8. The molecule has 4 rings (SSSR count). The third kappa shape index (κ3) is 5.48. The Balaban J connectivity index is 1.69. The molecule has 1 N–H and O–H groups in total. The molecule has 0 aliphatic heterocycles. The van der Waals surface area contributed by atoms with Crippen LogP contribution >= 0.6 is 11.6 Å². The number of imidazole rings is 1. The molecule has 0 saturated heterocycles. The van der Waals surface area contributed by atoms with Gasteiger partial charge in [0.25, 0.3) is 11.5 Å². The van der Waals surface area contributed by atoms with Gasteiger partial charge in [0, 0.05) is 11.6 Å². The average Bonchev–Trinajstić information content (AvgIpc) is 3.12. The molecular weight excluding hydrogens is 562 g/mol. The van der Waals surface area contributed by atoms with Crippen LogP contribution in [0, 0.1) is 11.6 Å². The van der Waals surface area contributed by atoms with E-state index in [1.807, 2.05) is 0 Å². The highest BCUT2D eigenvalue weighted by Gasteiger charge is 2.32. The van der Waals surface area contributed by atoms with Gasteiger partial charge >= 0.3 is 5.69 Å². The molecule has 4 aromatic rings. The second-order valence-corrected chi connectivity index (χ2v) is 11.4. The van der Waals surface area contributed by atoms with Crippen molar-refractivity contribution in [2.75, 3.05) is 6.26 Å². The first-order chi connectivity index (χ1) is 18.1. The highest BCUT2D eigenvalue weighted by Crippen LogP contribution is 2.22. The molecule has 0 fully saturated rings. The molecule has 0 unspecified atom stereocenters. The van der Waals surface area contributed by atoms with E-state index in [0.29, 0.717) is 20.2 Å². The largest absolute Gasteiger partial charge is 0.471 e. The summed E-state index contributed by atoms with van der Waals surface area (Å²) in [6.07, 6.45) is 1.88. The Bertz CT molecular complexity index is 1860. The highest BCUT2D eigenvalue weighted by atomic mass is 35.5. The Morgan fingerprint density at radius 1 is 1.13 bits per heavy atom. The number of halogens is 3. The molecule has 0 atom stereocenters. The van der Waals surface area contributed by atoms with Crippen LogP contribution in [0.5, 0.6) is 5.88 Å². The van der Waals surface area contributed by atoms with Crippen LogP contribution in [0.3, 0.4) is 0 Å². The Morgan fingerprint density at radius 2 is 1.82 bits per heavy atom. The van der Waals surface area contributed by atoms with Crippen LogP contribution in [-0.2, 0) is 23.2 Å². The summed E-state index contributed by atoms with van der Waals surface area (Å²) < 4.78 is 59.1. The molecule has 0 saturated carbocycles. The van der Waals surface area contributed by atoms with Gasteiger partial charge in [-0.05, 0) is 43.7 Å². The maximum atomic E-state index is 13.9. The first-order valence-corrected chi connectivity index (χ1v) is 13.4. The van der Waals surface area contributed by atoms with E-state index in [1.54, 1.807) is 0 Å². The fraction of sp³-hybridized carbons (Fsp3) is 0.250. The third-order valence-electron chi connectivity index (χ3n) is 5.61. The van der Waals surface area contributed by atoms with E-state index in [-0.39, 0.29) is 35.6 Å². The van der Waals surface area contributed by atoms with Gasteiger partial charge in [0.2, 0.25) is 15.9 Å². The minimum Gasteiger partial charge on any atom is -0.471 e. The van der Waals surface area contributed by atoms with Crippen molar-refractivity contribution in [2.24, 2.45) is 0 Å². The van der Waals surface area contributed by atoms with Gasteiger partial charge in [-0.25, -0.2) is 31.5 Å². The van der Waals surface area contributed by atoms with E-state index in [2.05, 4.69) is 4.98 Å². The smallest absolute Gasteiger partial charge is 0.349 e. The summed E-state index contributed by atoms with van der Waals surface area (Å²) in [5, 5.41) is 9.70. The topological polar surface area (TPSA) is 142 Å². The monoisotopic (exact) mass is 582 g/mol. The number of aromatic nitrogens is 4. The summed E-state index contributed by atoms with van der Waals surface area (Å²) in [7, 11) is -4.18. The first-order valence-electron chi connectivity index (χ1n) is 11.2. The van der Waals surface area contributed by atoms with E-state index < -0.39 is 49.4 Å². The second-order valence-electron chi connectivity index (χ2n) is 9.15. The standard InChI is InChI=1S/C24H21ClF2N4O7S/c1-24(2,35)22(33)30-17-7-4-13(8-18(17)31(23(30)34)39(3,36)37)10-29-12-28-20(19(25)21(29)32)38-11-14-5-6-15(26)9-16(14)27/h4-9,12,35H,10-11H2,1-3H3. The number of ether oxygens (including phenoxy) is 1. The molecule has 0 bridgehead atoms. The van der Waals surface area contributed by atoms with Crippen molar-refractivity contribution in [1.29, 1.82) is 0 Å². The quantitative estimate of drug-likeness (QED) is 0.349.